The van der Waals surface area contributed by atoms with Crippen molar-refractivity contribution >= 4 is 0 Å². The van der Waals surface area contributed by atoms with Crippen LogP contribution < -0.4 is 5.32 Å². The van der Waals surface area contributed by atoms with Gasteiger partial charge < -0.3 is 9.88 Å². The van der Waals surface area contributed by atoms with E-state index in [2.05, 4.69) is 39.8 Å². The Bertz CT molecular complexity index is 398. The van der Waals surface area contributed by atoms with E-state index in [1.165, 1.54) is 32.4 Å². The molecular formula is C15H26N4. The van der Waals surface area contributed by atoms with Gasteiger partial charge in [-0.25, -0.2) is 4.98 Å². The van der Waals surface area contributed by atoms with E-state index in [-0.39, 0.29) is 0 Å². The van der Waals surface area contributed by atoms with Gasteiger partial charge in [-0.1, -0.05) is 0 Å². The zero-order chi connectivity index (χ0) is 13.3. The van der Waals surface area contributed by atoms with E-state index < -0.39 is 0 Å². The molecule has 0 aromatic carbocycles. The maximum atomic E-state index is 4.11. The van der Waals surface area contributed by atoms with Gasteiger partial charge in [0.15, 0.2) is 0 Å². The van der Waals surface area contributed by atoms with Crippen molar-refractivity contribution in [2.75, 3.05) is 19.6 Å². The highest BCUT2D eigenvalue weighted by atomic mass is 15.3. The van der Waals surface area contributed by atoms with Crippen LogP contribution in [0.5, 0.6) is 0 Å². The molecule has 2 unspecified atom stereocenters. The van der Waals surface area contributed by atoms with E-state index in [1.54, 1.807) is 0 Å². The molecule has 0 radical (unpaired) electrons. The van der Waals surface area contributed by atoms with Crippen LogP contribution in [0.4, 0.5) is 0 Å². The summed E-state index contributed by atoms with van der Waals surface area (Å²) in [6.07, 6.45) is 9.89. The number of aryl methyl sites for hydroxylation is 1. The molecule has 19 heavy (non-hydrogen) atoms. The maximum absolute atomic E-state index is 4.11. The lowest BCUT2D eigenvalue weighted by Crippen LogP contribution is -2.63. The van der Waals surface area contributed by atoms with Crippen LogP contribution in [-0.2, 0) is 6.54 Å². The number of hydrogen-bond acceptors (Lipinski definition) is 3. The van der Waals surface area contributed by atoms with Gasteiger partial charge in [0.05, 0.1) is 6.33 Å². The Kier molecular flexibility index (Phi) is 3.63. The van der Waals surface area contributed by atoms with Crippen LogP contribution in [0.15, 0.2) is 18.7 Å². The summed E-state index contributed by atoms with van der Waals surface area (Å²) >= 11 is 0. The second kappa shape index (κ2) is 5.25. The monoisotopic (exact) mass is 262 g/mol. The van der Waals surface area contributed by atoms with Crippen molar-refractivity contribution in [3.63, 3.8) is 0 Å². The number of piperazine rings is 1. The molecule has 1 aromatic rings. The third-order valence-electron chi connectivity index (χ3n) is 4.89. The quantitative estimate of drug-likeness (QED) is 0.877. The molecule has 1 saturated carbocycles. The molecule has 2 atom stereocenters. The van der Waals surface area contributed by atoms with E-state index in [4.69, 9.17) is 0 Å². The summed E-state index contributed by atoms with van der Waals surface area (Å²) in [6.45, 7) is 9.40. The fraction of sp³-hybridized carbons (Fsp3) is 0.800. The minimum Gasteiger partial charge on any atom is -0.337 e. The molecule has 1 saturated heterocycles. The average molecular weight is 262 g/mol. The van der Waals surface area contributed by atoms with Gasteiger partial charge >= 0.3 is 0 Å². The van der Waals surface area contributed by atoms with Crippen LogP contribution in [0.25, 0.3) is 0 Å². The van der Waals surface area contributed by atoms with Crippen LogP contribution in [0, 0.1) is 5.92 Å². The second-order valence-corrected chi connectivity index (χ2v) is 6.51. The Balaban J connectivity index is 1.56. The minimum atomic E-state index is 0.390. The fourth-order valence-electron chi connectivity index (χ4n) is 3.41. The molecule has 2 heterocycles. The third-order valence-corrected chi connectivity index (χ3v) is 4.89. The van der Waals surface area contributed by atoms with Crippen molar-refractivity contribution in [1.29, 1.82) is 0 Å². The molecule has 1 aromatic heterocycles. The molecule has 0 spiro atoms. The van der Waals surface area contributed by atoms with Crippen LogP contribution in [0.1, 0.15) is 33.1 Å². The number of hydrogen-bond donors (Lipinski definition) is 1. The second-order valence-electron chi connectivity index (χ2n) is 6.51. The lowest BCUT2D eigenvalue weighted by molar-refractivity contribution is 0.0365. The molecule has 1 N–H and O–H groups in total. The number of nitrogens with one attached hydrogen (secondary N) is 1. The minimum absolute atomic E-state index is 0.390. The van der Waals surface area contributed by atoms with Gasteiger partial charge in [-0.3, -0.25) is 4.90 Å². The first-order valence-corrected chi connectivity index (χ1v) is 7.62. The number of aromatic nitrogens is 2. The van der Waals surface area contributed by atoms with Gasteiger partial charge in [0, 0.05) is 50.2 Å². The van der Waals surface area contributed by atoms with Crippen molar-refractivity contribution in [2.45, 2.75) is 51.2 Å². The summed E-state index contributed by atoms with van der Waals surface area (Å²) in [4.78, 5) is 6.84. The lowest BCUT2D eigenvalue weighted by Gasteiger charge is -2.48. The van der Waals surface area contributed by atoms with Crippen LogP contribution in [-0.4, -0.2) is 45.7 Å². The van der Waals surface area contributed by atoms with Gasteiger partial charge in [0.2, 0.25) is 0 Å². The van der Waals surface area contributed by atoms with Crippen molar-refractivity contribution in [1.82, 2.24) is 19.8 Å². The summed E-state index contributed by atoms with van der Waals surface area (Å²) in [5.41, 5.74) is 0.390. The first-order valence-electron chi connectivity index (χ1n) is 7.62. The molecule has 4 heteroatoms. The summed E-state index contributed by atoms with van der Waals surface area (Å²) in [5.74, 6) is 0.917. The Labute approximate surface area is 116 Å². The van der Waals surface area contributed by atoms with Crippen LogP contribution in [0.2, 0.25) is 0 Å². The molecule has 1 aliphatic heterocycles. The predicted molar refractivity (Wildman–Crippen MR) is 77.0 cm³/mol. The number of rotatable bonds is 5. The van der Waals surface area contributed by atoms with Gasteiger partial charge in [0.1, 0.15) is 0 Å². The summed E-state index contributed by atoms with van der Waals surface area (Å²) < 4.78 is 2.18. The SMILES string of the molecule is CC1CN(CCCn2ccnc2)C(C)(C2CC2)CN1. The standard InChI is InChI=1S/C15H26N4/c1-13-10-19(8-3-7-18-9-6-16-12-18)15(2,11-17-13)14-4-5-14/h6,9,12-14,17H,3-5,7-8,10-11H2,1-2H3. The largest absolute Gasteiger partial charge is 0.337 e. The van der Waals surface area contributed by atoms with Gasteiger partial charge in [-0.05, 0) is 39.0 Å². The molecule has 1 aliphatic carbocycles. The highest BCUT2D eigenvalue weighted by molar-refractivity contribution is 5.04. The normalized spacial score (nSPS) is 32.6. The van der Waals surface area contributed by atoms with Gasteiger partial charge in [-0.2, -0.15) is 0 Å². The number of imidazole rings is 1. The first kappa shape index (κ1) is 13.1. The zero-order valence-electron chi connectivity index (χ0n) is 12.2. The molecular weight excluding hydrogens is 236 g/mol. The average Bonchev–Trinajstić information content (AvgIpc) is 3.13. The Morgan fingerprint density at radius 2 is 2.21 bits per heavy atom. The first-order chi connectivity index (χ1) is 9.18. The Hall–Kier alpha value is -0.870. The molecule has 0 bridgehead atoms. The predicted octanol–water partition coefficient (Wildman–Crippen LogP) is 1.74. The molecule has 4 nitrogen and oxygen atoms in total. The number of nitrogens with zero attached hydrogens (tertiary/aromatic N) is 3. The van der Waals surface area contributed by atoms with E-state index in [9.17, 15) is 0 Å². The van der Waals surface area contributed by atoms with E-state index in [0.29, 0.717) is 11.6 Å². The third kappa shape index (κ3) is 2.84. The van der Waals surface area contributed by atoms with E-state index in [1.807, 2.05) is 12.5 Å². The van der Waals surface area contributed by atoms with E-state index in [0.717, 1.165) is 19.0 Å². The Morgan fingerprint density at radius 3 is 2.89 bits per heavy atom. The van der Waals surface area contributed by atoms with Crippen LogP contribution in [0.3, 0.4) is 0 Å². The van der Waals surface area contributed by atoms with Crippen molar-refractivity contribution in [2.24, 2.45) is 5.92 Å². The lowest BCUT2D eigenvalue weighted by atomic mass is 9.89. The molecule has 2 aliphatic rings. The molecule has 106 valence electrons. The summed E-state index contributed by atoms with van der Waals surface area (Å²) in [6, 6.07) is 0.625. The van der Waals surface area contributed by atoms with Crippen molar-refractivity contribution < 1.29 is 0 Å². The maximum Gasteiger partial charge on any atom is 0.0945 e. The Morgan fingerprint density at radius 1 is 1.37 bits per heavy atom. The molecule has 0 amide bonds. The summed E-state index contributed by atoms with van der Waals surface area (Å²) in [7, 11) is 0. The van der Waals surface area contributed by atoms with Gasteiger partial charge in [0.25, 0.3) is 0 Å². The molecule has 3 rings (SSSR count). The smallest absolute Gasteiger partial charge is 0.0945 e. The van der Waals surface area contributed by atoms with Crippen molar-refractivity contribution in [3.8, 4) is 0 Å². The fourth-order valence-corrected chi connectivity index (χ4v) is 3.41. The highest BCUT2D eigenvalue weighted by Crippen LogP contribution is 2.43. The zero-order valence-corrected chi connectivity index (χ0v) is 12.2. The molecule has 2 fully saturated rings. The summed E-state index contributed by atoms with van der Waals surface area (Å²) in [5, 5.41) is 3.67. The highest BCUT2D eigenvalue weighted by Gasteiger charge is 2.47. The topological polar surface area (TPSA) is 33.1 Å². The van der Waals surface area contributed by atoms with E-state index >= 15 is 0 Å². The van der Waals surface area contributed by atoms with Crippen molar-refractivity contribution in [3.05, 3.63) is 18.7 Å². The van der Waals surface area contributed by atoms with Gasteiger partial charge in [-0.15, -0.1) is 0 Å². The van der Waals surface area contributed by atoms with Crippen LogP contribution >= 0.6 is 0 Å².